The standard InChI is InChI=1S/C14H17ClFNO2/c1-19-14(18)13(17-9-5-2-3-6-9)12-10(15)7-4-8-11(12)16/h4,7-9,13,17H,2-3,5-6H2,1H3. The second kappa shape index (κ2) is 6.35. The molecule has 5 heteroatoms. The maximum absolute atomic E-state index is 13.9. The predicted molar refractivity (Wildman–Crippen MR) is 71.6 cm³/mol. The van der Waals surface area contributed by atoms with Crippen LogP contribution in [-0.4, -0.2) is 19.1 Å². The second-order valence-corrected chi connectivity index (χ2v) is 5.15. The molecule has 0 heterocycles. The number of carbonyl (C=O) groups is 1. The largest absolute Gasteiger partial charge is 0.468 e. The van der Waals surface area contributed by atoms with Gasteiger partial charge >= 0.3 is 5.97 Å². The number of carbonyl (C=O) groups excluding carboxylic acids is 1. The van der Waals surface area contributed by atoms with E-state index in [0.29, 0.717) is 0 Å². The zero-order chi connectivity index (χ0) is 13.8. The van der Waals surface area contributed by atoms with Gasteiger partial charge in [0.1, 0.15) is 11.9 Å². The van der Waals surface area contributed by atoms with Crippen LogP contribution in [0.5, 0.6) is 0 Å². The molecule has 1 aromatic rings. The summed E-state index contributed by atoms with van der Waals surface area (Å²) in [6.45, 7) is 0. The molecular weight excluding hydrogens is 269 g/mol. The summed E-state index contributed by atoms with van der Waals surface area (Å²) >= 11 is 6.02. The molecule has 104 valence electrons. The first kappa shape index (κ1) is 14.3. The molecule has 1 unspecified atom stereocenters. The van der Waals surface area contributed by atoms with E-state index in [1.165, 1.54) is 19.2 Å². The minimum atomic E-state index is -0.846. The quantitative estimate of drug-likeness (QED) is 0.863. The van der Waals surface area contributed by atoms with E-state index in [0.717, 1.165) is 25.7 Å². The number of ether oxygens (including phenoxy) is 1. The van der Waals surface area contributed by atoms with Crippen molar-refractivity contribution in [3.8, 4) is 0 Å². The molecule has 0 amide bonds. The fourth-order valence-electron chi connectivity index (χ4n) is 2.50. The van der Waals surface area contributed by atoms with Crippen LogP contribution in [0.3, 0.4) is 0 Å². The predicted octanol–water partition coefficient (Wildman–Crippen LogP) is 3.23. The van der Waals surface area contributed by atoms with Gasteiger partial charge in [0.05, 0.1) is 7.11 Å². The minimum Gasteiger partial charge on any atom is -0.468 e. The lowest BCUT2D eigenvalue weighted by molar-refractivity contribution is -0.143. The molecule has 1 aliphatic carbocycles. The number of halogens is 2. The lowest BCUT2D eigenvalue weighted by Gasteiger charge is -2.22. The Balaban J connectivity index is 2.28. The first-order chi connectivity index (χ1) is 9.13. The van der Waals surface area contributed by atoms with Crippen molar-refractivity contribution >= 4 is 17.6 Å². The third-order valence-electron chi connectivity index (χ3n) is 3.48. The fourth-order valence-corrected chi connectivity index (χ4v) is 2.77. The Bertz CT molecular complexity index is 441. The summed E-state index contributed by atoms with van der Waals surface area (Å²) in [7, 11) is 1.29. The first-order valence-corrected chi connectivity index (χ1v) is 6.79. The number of benzene rings is 1. The highest BCUT2D eigenvalue weighted by Crippen LogP contribution is 2.29. The Morgan fingerprint density at radius 3 is 2.74 bits per heavy atom. The summed E-state index contributed by atoms with van der Waals surface area (Å²) in [4.78, 5) is 11.9. The van der Waals surface area contributed by atoms with E-state index in [1.807, 2.05) is 0 Å². The zero-order valence-electron chi connectivity index (χ0n) is 10.8. The van der Waals surface area contributed by atoms with Crippen molar-refractivity contribution in [3.05, 3.63) is 34.6 Å². The van der Waals surface area contributed by atoms with Crippen LogP contribution in [0.25, 0.3) is 0 Å². The van der Waals surface area contributed by atoms with Crippen LogP contribution >= 0.6 is 11.6 Å². The SMILES string of the molecule is COC(=O)C(NC1CCCC1)c1c(F)cccc1Cl. The maximum Gasteiger partial charge on any atom is 0.327 e. The average Bonchev–Trinajstić information content (AvgIpc) is 2.89. The Labute approximate surface area is 117 Å². The molecule has 1 atom stereocenters. The lowest BCUT2D eigenvalue weighted by Crippen LogP contribution is -2.36. The van der Waals surface area contributed by atoms with Gasteiger partial charge in [-0.15, -0.1) is 0 Å². The monoisotopic (exact) mass is 285 g/mol. The molecule has 0 saturated heterocycles. The molecule has 3 nitrogen and oxygen atoms in total. The number of hydrogen-bond acceptors (Lipinski definition) is 3. The van der Waals surface area contributed by atoms with E-state index < -0.39 is 17.8 Å². The Kier molecular flexibility index (Phi) is 4.77. The number of methoxy groups -OCH3 is 1. The van der Waals surface area contributed by atoms with Gasteiger partial charge in [-0.25, -0.2) is 9.18 Å². The number of esters is 1. The molecular formula is C14H17ClFNO2. The van der Waals surface area contributed by atoms with Crippen LogP contribution < -0.4 is 5.32 Å². The van der Waals surface area contributed by atoms with Crippen molar-refractivity contribution in [1.29, 1.82) is 0 Å². The molecule has 2 rings (SSSR count). The molecule has 0 bridgehead atoms. The van der Waals surface area contributed by atoms with Crippen molar-refractivity contribution < 1.29 is 13.9 Å². The van der Waals surface area contributed by atoms with Gasteiger partial charge in [-0.3, -0.25) is 5.32 Å². The van der Waals surface area contributed by atoms with Gasteiger partial charge in [0.2, 0.25) is 0 Å². The van der Waals surface area contributed by atoms with Gasteiger partial charge < -0.3 is 4.74 Å². The first-order valence-electron chi connectivity index (χ1n) is 6.41. The van der Waals surface area contributed by atoms with Gasteiger partial charge in [0, 0.05) is 16.6 Å². The summed E-state index contributed by atoms with van der Waals surface area (Å²) in [6, 6.07) is 3.76. The Morgan fingerprint density at radius 2 is 2.16 bits per heavy atom. The van der Waals surface area contributed by atoms with Gasteiger partial charge in [-0.1, -0.05) is 30.5 Å². The minimum absolute atomic E-state index is 0.169. The van der Waals surface area contributed by atoms with Gasteiger partial charge in [0.15, 0.2) is 0 Å². The molecule has 1 saturated carbocycles. The topological polar surface area (TPSA) is 38.3 Å². The zero-order valence-corrected chi connectivity index (χ0v) is 11.5. The van der Waals surface area contributed by atoms with Crippen LogP contribution in [0.1, 0.15) is 37.3 Å². The fraction of sp³-hybridized carbons (Fsp3) is 0.500. The van der Waals surface area contributed by atoms with E-state index in [9.17, 15) is 9.18 Å². The molecule has 0 aromatic heterocycles. The Hall–Kier alpha value is -1.13. The van der Waals surface area contributed by atoms with Crippen molar-refractivity contribution in [1.82, 2.24) is 5.32 Å². The highest BCUT2D eigenvalue weighted by Gasteiger charge is 2.30. The summed E-state index contributed by atoms with van der Waals surface area (Å²) < 4.78 is 18.7. The van der Waals surface area contributed by atoms with Crippen LogP contribution in [0.4, 0.5) is 4.39 Å². The molecule has 1 fully saturated rings. The third kappa shape index (κ3) is 3.25. The van der Waals surface area contributed by atoms with Gasteiger partial charge in [-0.05, 0) is 25.0 Å². The number of nitrogens with one attached hydrogen (secondary N) is 1. The summed E-state index contributed by atoms with van der Waals surface area (Å²) in [5.74, 6) is -1.01. The normalized spacial score (nSPS) is 17.4. The van der Waals surface area contributed by atoms with E-state index in [1.54, 1.807) is 6.07 Å². The van der Waals surface area contributed by atoms with Crippen molar-refractivity contribution in [2.75, 3.05) is 7.11 Å². The third-order valence-corrected chi connectivity index (χ3v) is 3.81. The smallest absolute Gasteiger partial charge is 0.327 e. The van der Waals surface area contributed by atoms with E-state index in [-0.39, 0.29) is 16.6 Å². The molecule has 1 aromatic carbocycles. The van der Waals surface area contributed by atoms with Crippen LogP contribution in [0.15, 0.2) is 18.2 Å². The van der Waals surface area contributed by atoms with E-state index in [4.69, 9.17) is 16.3 Å². The average molecular weight is 286 g/mol. The highest BCUT2D eigenvalue weighted by molar-refractivity contribution is 6.31. The van der Waals surface area contributed by atoms with Gasteiger partial charge in [-0.2, -0.15) is 0 Å². The molecule has 0 aliphatic heterocycles. The molecule has 0 radical (unpaired) electrons. The summed E-state index contributed by atoms with van der Waals surface area (Å²) in [6.07, 6.45) is 4.21. The lowest BCUT2D eigenvalue weighted by atomic mass is 10.0. The van der Waals surface area contributed by atoms with Crippen molar-refractivity contribution in [2.45, 2.75) is 37.8 Å². The number of hydrogen-bond donors (Lipinski definition) is 1. The van der Waals surface area contributed by atoms with Crippen molar-refractivity contribution in [2.24, 2.45) is 0 Å². The van der Waals surface area contributed by atoms with Crippen molar-refractivity contribution in [3.63, 3.8) is 0 Å². The molecule has 0 spiro atoms. The van der Waals surface area contributed by atoms with Gasteiger partial charge in [0.25, 0.3) is 0 Å². The highest BCUT2D eigenvalue weighted by atomic mass is 35.5. The molecule has 19 heavy (non-hydrogen) atoms. The van der Waals surface area contributed by atoms with Crippen LogP contribution in [0, 0.1) is 5.82 Å². The maximum atomic E-state index is 13.9. The number of rotatable bonds is 4. The van der Waals surface area contributed by atoms with E-state index in [2.05, 4.69) is 5.32 Å². The molecule has 1 aliphatic rings. The Morgan fingerprint density at radius 1 is 1.47 bits per heavy atom. The molecule has 1 N–H and O–H groups in total. The van der Waals surface area contributed by atoms with Crippen LogP contribution in [0.2, 0.25) is 5.02 Å². The summed E-state index contributed by atoms with van der Waals surface area (Å²) in [5.41, 5.74) is 0.169. The summed E-state index contributed by atoms with van der Waals surface area (Å²) in [5, 5.41) is 3.40. The van der Waals surface area contributed by atoms with Crippen LogP contribution in [-0.2, 0) is 9.53 Å². The van der Waals surface area contributed by atoms with E-state index >= 15 is 0 Å². The second-order valence-electron chi connectivity index (χ2n) is 4.74.